The first-order valence-corrected chi connectivity index (χ1v) is 5.39. The van der Waals surface area contributed by atoms with E-state index in [0.717, 1.165) is 12.1 Å². The molecule has 0 aliphatic rings. The summed E-state index contributed by atoms with van der Waals surface area (Å²) in [6.45, 7) is 1.43. The predicted octanol–water partition coefficient (Wildman–Crippen LogP) is 2.36. The molecule has 0 saturated carbocycles. The van der Waals surface area contributed by atoms with Gasteiger partial charge in [-0.05, 0) is 19.1 Å². The standard InChI is InChI=1S/C12H10F2N2O3/c1-7(12(17)15-11-4-5-18-16-11)19-10-3-2-8(13)6-9(10)14/h2-7H,1H3,(H,15,16,17)/t7-/m1/s1. The Bertz CT molecular complexity index is 572. The largest absolute Gasteiger partial charge is 0.478 e. The minimum Gasteiger partial charge on any atom is -0.478 e. The quantitative estimate of drug-likeness (QED) is 0.924. The number of hydrogen-bond acceptors (Lipinski definition) is 4. The van der Waals surface area contributed by atoms with Gasteiger partial charge in [-0.3, -0.25) is 4.79 Å². The average molecular weight is 268 g/mol. The van der Waals surface area contributed by atoms with Gasteiger partial charge in [0, 0.05) is 12.1 Å². The van der Waals surface area contributed by atoms with E-state index in [0.29, 0.717) is 6.07 Å². The number of aromatic nitrogens is 1. The number of benzene rings is 1. The van der Waals surface area contributed by atoms with E-state index in [4.69, 9.17) is 4.74 Å². The summed E-state index contributed by atoms with van der Waals surface area (Å²) in [6.07, 6.45) is 0.317. The molecule has 0 fully saturated rings. The van der Waals surface area contributed by atoms with Crippen molar-refractivity contribution in [2.24, 2.45) is 0 Å². The SMILES string of the molecule is C[C@@H](Oc1ccc(F)cc1F)C(=O)Nc1ccon1. The van der Waals surface area contributed by atoms with Crippen molar-refractivity contribution in [1.29, 1.82) is 0 Å². The first-order valence-electron chi connectivity index (χ1n) is 5.39. The maximum atomic E-state index is 13.3. The smallest absolute Gasteiger partial charge is 0.266 e. The van der Waals surface area contributed by atoms with Gasteiger partial charge >= 0.3 is 0 Å². The molecule has 1 aromatic heterocycles. The van der Waals surface area contributed by atoms with Gasteiger partial charge in [-0.2, -0.15) is 0 Å². The van der Waals surface area contributed by atoms with E-state index in [1.54, 1.807) is 0 Å². The molecule has 7 heteroatoms. The van der Waals surface area contributed by atoms with E-state index in [2.05, 4.69) is 15.0 Å². The second-order valence-electron chi connectivity index (χ2n) is 3.71. The third-order valence-electron chi connectivity index (χ3n) is 2.26. The zero-order valence-electron chi connectivity index (χ0n) is 9.89. The first kappa shape index (κ1) is 13.0. The highest BCUT2D eigenvalue weighted by Gasteiger charge is 2.17. The van der Waals surface area contributed by atoms with Crippen LogP contribution in [0.5, 0.6) is 5.75 Å². The van der Waals surface area contributed by atoms with Gasteiger partial charge in [-0.25, -0.2) is 8.78 Å². The van der Waals surface area contributed by atoms with Gasteiger partial charge in [0.2, 0.25) is 0 Å². The first-order chi connectivity index (χ1) is 9.06. The molecule has 0 aliphatic heterocycles. The molecular weight excluding hydrogens is 258 g/mol. The molecule has 19 heavy (non-hydrogen) atoms. The highest BCUT2D eigenvalue weighted by molar-refractivity contribution is 5.93. The Labute approximate surface area is 107 Å². The number of hydrogen-bond donors (Lipinski definition) is 1. The normalized spacial score (nSPS) is 11.9. The number of nitrogens with one attached hydrogen (secondary N) is 1. The summed E-state index contributed by atoms with van der Waals surface area (Å²) in [6, 6.07) is 4.28. The second kappa shape index (κ2) is 5.47. The molecule has 2 aromatic rings. The molecular formula is C12H10F2N2O3. The Morgan fingerprint density at radius 2 is 2.21 bits per heavy atom. The van der Waals surface area contributed by atoms with Gasteiger partial charge in [0.05, 0.1) is 0 Å². The van der Waals surface area contributed by atoms with Crippen molar-refractivity contribution in [3.8, 4) is 5.75 Å². The summed E-state index contributed by atoms with van der Waals surface area (Å²) in [5.74, 6) is -2.10. The molecule has 100 valence electrons. The van der Waals surface area contributed by atoms with Crippen molar-refractivity contribution < 1.29 is 22.8 Å². The number of anilines is 1. The number of carbonyl (C=O) groups excluding carboxylic acids is 1. The Balaban J connectivity index is 2.00. The van der Waals surface area contributed by atoms with Crippen LogP contribution >= 0.6 is 0 Å². The molecule has 0 aliphatic carbocycles. The van der Waals surface area contributed by atoms with E-state index < -0.39 is 23.6 Å². The van der Waals surface area contributed by atoms with E-state index in [1.165, 1.54) is 19.3 Å². The summed E-state index contributed by atoms with van der Waals surface area (Å²) in [4.78, 5) is 11.7. The van der Waals surface area contributed by atoms with Crippen LogP contribution in [0.25, 0.3) is 0 Å². The third kappa shape index (κ3) is 3.27. The highest BCUT2D eigenvalue weighted by Crippen LogP contribution is 2.19. The molecule has 1 heterocycles. The zero-order valence-corrected chi connectivity index (χ0v) is 9.89. The molecule has 0 spiro atoms. The van der Waals surface area contributed by atoms with Crippen LogP contribution in [0, 0.1) is 11.6 Å². The monoisotopic (exact) mass is 268 g/mol. The number of amides is 1. The molecule has 1 N–H and O–H groups in total. The van der Waals surface area contributed by atoms with Crippen LogP contribution in [0.4, 0.5) is 14.6 Å². The summed E-state index contributed by atoms with van der Waals surface area (Å²) in [5, 5.41) is 5.90. The van der Waals surface area contributed by atoms with E-state index in [-0.39, 0.29) is 11.6 Å². The third-order valence-corrected chi connectivity index (χ3v) is 2.26. The molecule has 1 amide bonds. The Morgan fingerprint density at radius 3 is 2.84 bits per heavy atom. The Hall–Kier alpha value is -2.44. The van der Waals surface area contributed by atoms with Crippen LogP contribution < -0.4 is 10.1 Å². The van der Waals surface area contributed by atoms with Gasteiger partial charge in [-0.15, -0.1) is 0 Å². The highest BCUT2D eigenvalue weighted by atomic mass is 19.1. The van der Waals surface area contributed by atoms with Gasteiger partial charge in [0.15, 0.2) is 23.5 Å². The lowest BCUT2D eigenvalue weighted by Gasteiger charge is -2.14. The predicted molar refractivity (Wildman–Crippen MR) is 61.6 cm³/mol. The van der Waals surface area contributed by atoms with Crippen LogP contribution in [0.3, 0.4) is 0 Å². The number of carbonyl (C=O) groups is 1. The second-order valence-corrected chi connectivity index (χ2v) is 3.71. The van der Waals surface area contributed by atoms with Crippen molar-refractivity contribution in [2.45, 2.75) is 13.0 Å². The number of ether oxygens (including phenoxy) is 1. The van der Waals surface area contributed by atoms with Crippen LogP contribution in [-0.4, -0.2) is 17.2 Å². The van der Waals surface area contributed by atoms with Crippen molar-refractivity contribution in [2.75, 3.05) is 5.32 Å². The van der Waals surface area contributed by atoms with Crippen molar-refractivity contribution in [3.05, 3.63) is 42.2 Å². The van der Waals surface area contributed by atoms with Gasteiger partial charge in [0.1, 0.15) is 12.1 Å². The maximum Gasteiger partial charge on any atom is 0.266 e. The number of halogens is 2. The zero-order chi connectivity index (χ0) is 13.8. The molecule has 1 aromatic carbocycles. The Kier molecular flexibility index (Phi) is 3.74. The molecule has 0 radical (unpaired) electrons. The number of nitrogens with zero attached hydrogens (tertiary/aromatic N) is 1. The fourth-order valence-corrected chi connectivity index (χ4v) is 1.32. The fraction of sp³-hybridized carbons (Fsp3) is 0.167. The van der Waals surface area contributed by atoms with E-state index >= 15 is 0 Å². The molecule has 0 unspecified atom stereocenters. The van der Waals surface area contributed by atoms with Crippen LogP contribution in [-0.2, 0) is 4.79 Å². The van der Waals surface area contributed by atoms with Crippen molar-refractivity contribution >= 4 is 11.7 Å². The minimum absolute atomic E-state index is 0.204. The summed E-state index contributed by atoms with van der Waals surface area (Å²) >= 11 is 0. The topological polar surface area (TPSA) is 64.4 Å². The fourth-order valence-electron chi connectivity index (χ4n) is 1.32. The summed E-state index contributed by atoms with van der Waals surface area (Å²) in [5.41, 5.74) is 0. The number of rotatable bonds is 4. The van der Waals surface area contributed by atoms with Gasteiger partial charge in [0.25, 0.3) is 5.91 Å². The van der Waals surface area contributed by atoms with Gasteiger partial charge < -0.3 is 14.6 Å². The van der Waals surface area contributed by atoms with E-state index in [9.17, 15) is 13.6 Å². The average Bonchev–Trinajstić information content (AvgIpc) is 2.85. The maximum absolute atomic E-state index is 13.3. The molecule has 2 rings (SSSR count). The lowest BCUT2D eigenvalue weighted by molar-refractivity contribution is -0.122. The molecule has 1 atom stereocenters. The lowest BCUT2D eigenvalue weighted by atomic mass is 10.3. The van der Waals surface area contributed by atoms with Crippen LogP contribution in [0.1, 0.15) is 6.92 Å². The van der Waals surface area contributed by atoms with Crippen molar-refractivity contribution in [1.82, 2.24) is 5.16 Å². The minimum atomic E-state index is -0.975. The Morgan fingerprint density at radius 1 is 1.42 bits per heavy atom. The van der Waals surface area contributed by atoms with Crippen LogP contribution in [0.2, 0.25) is 0 Å². The molecule has 0 saturated heterocycles. The van der Waals surface area contributed by atoms with E-state index in [1.807, 2.05) is 0 Å². The molecule has 5 nitrogen and oxygen atoms in total. The van der Waals surface area contributed by atoms with Gasteiger partial charge in [-0.1, -0.05) is 5.16 Å². The summed E-state index contributed by atoms with van der Waals surface area (Å²) < 4.78 is 35.7. The van der Waals surface area contributed by atoms with Crippen LogP contribution in [0.15, 0.2) is 35.1 Å². The lowest BCUT2D eigenvalue weighted by Crippen LogP contribution is -2.30. The van der Waals surface area contributed by atoms with Crippen molar-refractivity contribution in [3.63, 3.8) is 0 Å². The summed E-state index contributed by atoms with van der Waals surface area (Å²) in [7, 11) is 0. The molecule has 0 bridgehead atoms.